The molecule has 0 aromatic carbocycles. The van der Waals surface area contributed by atoms with Gasteiger partial charge in [-0.15, -0.1) is 11.3 Å². The summed E-state index contributed by atoms with van der Waals surface area (Å²) < 4.78 is 4.92. The Morgan fingerprint density at radius 2 is 2.32 bits per heavy atom. The molecule has 0 bridgehead atoms. The molecular formula is C11H17N3O4S. The van der Waals surface area contributed by atoms with Crippen LogP contribution in [0.15, 0.2) is 5.38 Å². The van der Waals surface area contributed by atoms with Crippen molar-refractivity contribution < 1.29 is 19.4 Å². The fourth-order valence-corrected chi connectivity index (χ4v) is 2.07. The number of carbonyl (C=O) groups is 2. The summed E-state index contributed by atoms with van der Waals surface area (Å²) in [5.41, 5.74) is 0.000907. The van der Waals surface area contributed by atoms with Gasteiger partial charge in [-0.2, -0.15) is 0 Å². The Labute approximate surface area is 115 Å². The van der Waals surface area contributed by atoms with Crippen LogP contribution in [-0.4, -0.2) is 53.8 Å². The lowest BCUT2D eigenvalue weighted by atomic mass is 10.5. The van der Waals surface area contributed by atoms with E-state index in [1.54, 1.807) is 12.0 Å². The molecule has 19 heavy (non-hydrogen) atoms. The van der Waals surface area contributed by atoms with Crippen LogP contribution < -0.4 is 5.32 Å². The molecular weight excluding hydrogens is 270 g/mol. The van der Waals surface area contributed by atoms with Crippen molar-refractivity contribution in [3.8, 4) is 0 Å². The zero-order chi connectivity index (χ0) is 14.3. The van der Waals surface area contributed by atoms with E-state index < -0.39 is 5.97 Å². The number of carbonyl (C=O) groups excluding carboxylic acids is 1. The van der Waals surface area contributed by atoms with Crippen molar-refractivity contribution in [3.63, 3.8) is 0 Å². The Bertz CT molecular complexity index is 435. The lowest BCUT2D eigenvalue weighted by Gasteiger charge is -2.20. The summed E-state index contributed by atoms with van der Waals surface area (Å²) >= 11 is 1.21. The number of methoxy groups -OCH3 is 1. The first-order valence-corrected chi connectivity index (χ1v) is 6.65. The van der Waals surface area contributed by atoms with Crippen LogP contribution in [0.2, 0.25) is 0 Å². The van der Waals surface area contributed by atoms with Gasteiger partial charge < -0.3 is 20.1 Å². The van der Waals surface area contributed by atoms with Crippen LogP contribution in [0, 0.1) is 0 Å². The molecule has 1 aromatic rings. The van der Waals surface area contributed by atoms with Gasteiger partial charge >= 0.3 is 12.0 Å². The second kappa shape index (κ2) is 7.70. The highest BCUT2D eigenvalue weighted by Crippen LogP contribution is 2.09. The van der Waals surface area contributed by atoms with Gasteiger partial charge in [0.2, 0.25) is 0 Å². The third kappa shape index (κ3) is 4.84. The molecule has 0 atom stereocenters. The van der Waals surface area contributed by atoms with E-state index in [1.165, 1.54) is 16.7 Å². The largest absolute Gasteiger partial charge is 0.476 e. The number of nitrogens with one attached hydrogen (secondary N) is 1. The number of aromatic nitrogens is 1. The van der Waals surface area contributed by atoms with E-state index in [4.69, 9.17) is 9.84 Å². The molecule has 1 aromatic heterocycles. The van der Waals surface area contributed by atoms with Gasteiger partial charge in [0.05, 0.1) is 13.2 Å². The molecule has 2 N–H and O–H groups in total. The number of hydrogen-bond acceptors (Lipinski definition) is 5. The molecule has 106 valence electrons. The Morgan fingerprint density at radius 3 is 2.84 bits per heavy atom. The van der Waals surface area contributed by atoms with Crippen LogP contribution >= 0.6 is 11.3 Å². The summed E-state index contributed by atoms with van der Waals surface area (Å²) in [6.45, 7) is 3.66. The number of likely N-dealkylation sites (N-methyl/N-ethyl adjacent to an activating group) is 1. The van der Waals surface area contributed by atoms with Crippen LogP contribution in [0.25, 0.3) is 0 Å². The van der Waals surface area contributed by atoms with Gasteiger partial charge in [-0.05, 0) is 6.92 Å². The SMILES string of the molecule is CCN(CCOC)C(=O)NCc1nc(C(=O)O)cs1. The molecule has 0 aliphatic heterocycles. The quantitative estimate of drug-likeness (QED) is 0.781. The predicted octanol–water partition coefficient (Wildman–Crippen LogP) is 1.02. The summed E-state index contributed by atoms with van der Waals surface area (Å²) in [4.78, 5) is 28.0. The maximum absolute atomic E-state index is 11.8. The first kappa shape index (κ1) is 15.4. The molecule has 8 heteroatoms. The highest BCUT2D eigenvalue weighted by atomic mass is 32.1. The standard InChI is InChI=1S/C11H17N3O4S/c1-3-14(4-5-18-2)11(17)12-6-9-13-8(7-19-9)10(15)16/h7H,3-6H2,1-2H3,(H,12,17)(H,15,16). The third-order valence-electron chi connectivity index (χ3n) is 2.40. The number of urea groups is 1. The van der Waals surface area contributed by atoms with Crippen LogP contribution in [0.4, 0.5) is 4.79 Å². The number of thiazole rings is 1. The smallest absolute Gasteiger partial charge is 0.355 e. The van der Waals surface area contributed by atoms with Crippen molar-refractivity contribution in [2.45, 2.75) is 13.5 Å². The molecule has 0 saturated heterocycles. The molecule has 7 nitrogen and oxygen atoms in total. The van der Waals surface area contributed by atoms with Crippen LogP contribution in [0.5, 0.6) is 0 Å². The highest BCUT2D eigenvalue weighted by Gasteiger charge is 2.13. The van der Waals surface area contributed by atoms with E-state index in [0.717, 1.165) is 0 Å². The fourth-order valence-electron chi connectivity index (χ4n) is 1.36. The highest BCUT2D eigenvalue weighted by molar-refractivity contribution is 7.09. The fraction of sp³-hybridized carbons (Fsp3) is 0.545. The summed E-state index contributed by atoms with van der Waals surface area (Å²) in [7, 11) is 1.58. The molecule has 1 rings (SSSR count). The summed E-state index contributed by atoms with van der Waals surface area (Å²) in [6.07, 6.45) is 0. The molecule has 0 unspecified atom stereocenters. The zero-order valence-electron chi connectivity index (χ0n) is 10.9. The predicted molar refractivity (Wildman–Crippen MR) is 70.4 cm³/mol. The average molecular weight is 287 g/mol. The van der Waals surface area contributed by atoms with Crippen molar-refractivity contribution >= 4 is 23.3 Å². The molecule has 0 aliphatic carbocycles. The van der Waals surface area contributed by atoms with Gasteiger partial charge in [0.15, 0.2) is 5.69 Å². The average Bonchev–Trinajstić information content (AvgIpc) is 2.86. The minimum absolute atomic E-state index is 0.000907. The number of amides is 2. The minimum atomic E-state index is -1.07. The summed E-state index contributed by atoms with van der Waals surface area (Å²) in [5, 5.41) is 13.4. The van der Waals surface area contributed by atoms with E-state index in [9.17, 15) is 9.59 Å². The van der Waals surface area contributed by atoms with E-state index in [1.807, 2.05) is 6.92 Å². The van der Waals surface area contributed by atoms with E-state index in [-0.39, 0.29) is 18.3 Å². The lowest BCUT2D eigenvalue weighted by molar-refractivity contribution is 0.0691. The number of carboxylic acid groups (broad SMARTS) is 1. The Kier molecular flexibility index (Phi) is 6.23. The van der Waals surface area contributed by atoms with Crippen molar-refractivity contribution in [1.29, 1.82) is 0 Å². The summed E-state index contributed by atoms with van der Waals surface area (Å²) in [5.74, 6) is -1.07. The number of hydrogen-bond donors (Lipinski definition) is 2. The monoisotopic (exact) mass is 287 g/mol. The van der Waals surface area contributed by atoms with Gasteiger partial charge in [-0.25, -0.2) is 14.6 Å². The second-order valence-electron chi connectivity index (χ2n) is 3.66. The first-order chi connectivity index (χ1) is 9.08. The molecule has 0 fully saturated rings. The number of ether oxygens (including phenoxy) is 1. The third-order valence-corrected chi connectivity index (χ3v) is 3.24. The van der Waals surface area contributed by atoms with Gasteiger partial charge in [0.1, 0.15) is 5.01 Å². The van der Waals surface area contributed by atoms with Crippen molar-refractivity contribution in [2.24, 2.45) is 0 Å². The van der Waals surface area contributed by atoms with Gasteiger partial charge in [-0.1, -0.05) is 0 Å². The van der Waals surface area contributed by atoms with E-state index in [2.05, 4.69) is 10.3 Å². The lowest BCUT2D eigenvalue weighted by Crippen LogP contribution is -2.41. The minimum Gasteiger partial charge on any atom is -0.476 e. The summed E-state index contributed by atoms with van der Waals surface area (Å²) in [6, 6.07) is -0.216. The molecule has 0 radical (unpaired) electrons. The Hall–Kier alpha value is -1.67. The Morgan fingerprint density at radius 1 is 1.58 bits per heavy atom. The van der Waals surface area contributed by atoms with E-state index >= 15 is 0 Å². The molecule has 0 saturated carbocycles. The normalized spacial score (nSPS) is 10.2. The number of carboxylic acids is 1. The van der Waals surface area contributed by atoms with Gasteiger partial charge in [-0.3, -0.25) is 0 Å². The van der Waals surface area contributed by atoms with Gasteiger partial charge in [0, 0.05) is 25.6 Å². The molecule has 1 heterocycles. The maximum atomic E-state index is 11.8. The van der Waals surface area contributed by atoms with Crippen molar-refractivity contribution in [1.82, 2.24) is 15.2 Å². The van der Waals surface area contributed by atoms with Crippen molar-refractivity contribution in [3.05, 3.63) is 16.1 Å². The van der Waals surface area contributed by atoms with Gasteiger partial charge in [0.25, 0.3) is 0 Å². The second-order valence-corrected chi connectivity index (χ2v) is 4.61. The molecule has 0 spiro atoms. The van der Waals surface area contributed by atoms with Crippen LogP contribution in [-0.2, 0) is 11.3 Å². The maximum Gasteiger partial charge on any atom is 0.355 e. The van der Waals surface area contributed by atoms with Crippen LogP contribution in [0.1, 0.15) is 22.4 Å². The topological polar surface area (TPSA) is 91.8 Å². The van der Waals surface area contributed by atoms with Crippen LogP contribution in [0.3, 0.4) is 0 Å². The first-order valence-electron chi connectivity index (χ1n) is 5.77. The zero-order valence-corrected chi connectivity index (χ0v) is 11.7. The molecule has 0 aliphatic rings. The Balaban J connectivity index is 2.45. The number of aromatic carboxylic acids is 1. The van der Waals surface area contributed by atoms with Crippen molar-refractivity contribution in [2.75, 3.05) is 26.8 Å². The molecule has 2 amide bonds. The van der Waals surface area contributed by atoms with E-state index in [0.29, 0.717) is 24.7 Å². The number of rotatable bonds is 7. The number of nitrogens with zero attached hydrogens (tertiary/aromatic N) is 2.